The first kappa shape index (κ1) is 32.2. The molecule has 1 aliphatic rings. The third-order valence-corrected chi connectivity index (χ3v) is 7.44. The van der Waals surface area contributed by atoms with Crippen LogP contribution in [0.2, 0.25) is 0 Å². The zero-order valence-electron chi connectivity index (χ0n) is 23.6. The number of Topliss-reactive ketones (excluding diaryl/α,β-unsaturated/α-hetero) is 2. The zero-order chi connectivity index (χ0) is 27.8. The minimum absolute atomic E-state index is 0.0754. The number of likely N-dealkylation sites (N-methyl/N-ethyl adjacent to an activating group) is 1. The van der Waals surface area contributed by atoms with E-state index in [0.717, 1.165) is 6.42 Å². The average molecular weight is 512 g/mol. The van der Waals surface area contributed by atoms with Crippen LogP contribution in [0, 0.1) is 23.7 Å². The lowest BCUT2D eigenvalue weighted by molar-refractivity contribution is -0.138. The number of amides is 2. The number of rotatable bonds is 17. The molecule has 9 heteroatoms. The van der Waals surface area contributed by atoms with Gasteiger partial charge in [-0.3, -0.25) is 19.2 Å². The SMILES string of the molecule is CC[C@H](C)[C@H](NC(=O)[C@@H](NC)[C@@H](C)CC)C(=O)C[C@H](C(=O)N[C@@H](CC(C)C)C(=O)[C@@]1(C)CO1)[C@@H](C)O. The van der Waals surface area contributed by atoms with Gasteiger partial charge < -0.3 is 25.8 Å². The Balaban J connectivity index is 3.05. The minimum Gasteiger partial charge on any atom is -0.393 e. The molecular weight excluding hydrogens is 462 g/mol. The van der Waals surface area contributed by atoms with Crippen LogP contribution in [0.4, 0.5) is 0 Å². The van der Waals surface area contributed by atoms with E-state index in [0.29, 0.717) is 19.4 Å². The summed E-state index contributed by atoms with van der Waals surface area (Å²) in [7, 11) is 1.71. The van der Waals surface area contributed by atoms with Crippen LogP contribution >= 0.6 is 0 Å². The molecule has 0 aromatic rings. The molecule has 9 nitrogen and oxygen atoms in total. The molecule has 208 valence electrons. The maximum absolute atomic E-state index is 13.4. The van der Waals surface area contributed by atoms with Gasteiger partial charge in [-0.05, 0) is 45.1 Å². The van der Waals surface area contributed by atoms with Crippen molar-refractivity contribution in [1.29, 1.82) is 0 Å². The maximum Gasteiger partial charge on any atom is 0.237 e. The Bertz CT molecular complexity index is 765. The number of nitrogens with one attached hydrogen (secondary N) is 3. The summed E-state index contributed by atoms with van der Waals surface area (Å²) >= 11 is 0. The second-order valence-electron chi connectivity index (χ2n) is 11.1. The summed E-state index contributed by atoms with van der Waals surface area (Å²) < 4.78 is 5.29. The van der Waals surface area contributed by atoms with Gasteiger partial charge in [0, 0.05) is 6.42 Å². The van der Waals surface area contributed by atoms with Crippen molar-refractivity contribution in [2.24, 2.45) is 23.7 Å². The van der Waals surface area contributed by atoms with E-state index in [1.54, 1.807) is 14.0 Å². The summed E-state index contributed by atoms with van der Waals surface area (Å²) in [6, 6.07) is -2.00. The molecule has 1 rings (SSSR count). The summed E-state index contributed by atoms with van der Waals surface area (Å²) in [5.74, 6) is -2.32. The lowest BCUT2D eigenvalue weighted by Gasteiger charge is -2.30. The smallest absolute Gasteiger partial charge is 0.237 e. The first-order chi connectivity index (χ1) is 16.7. The Kier molecular flexibility index (Phi) is 12.7. The molecule has 8 atom stereocenters. The quantitative estimate of drug-likeness (QED) is 0.219. The van der Waals surface area contributed by atoms with Gasteiger partial charge in [0.25, 0.3) is 0 Å². The second-order valence-corrected chi connectivity index (χ2v) is 11.1. The van der Waals surface area contributed by atoms with Crippen molar-refractivity contribution >= 4 is 23.4 Å². The summed E-state index contributed by atoms with van der Waals surface area (Å²) in [6.07, 6.45) is 0.513. The van der Waals surface area contributed by atoms with Crippen LogP contribution in [0.15, 0.2) is 0 Å². The lowest BCUT2D eigenvalue weighted by Crippen LogP contribution is -2.54. The molecule has 36 heavy (non-hydrogen) atoms. The monoisotopic (exact) mass is 511 g/mol. The van der Waals surface area contributed by atoms with Gasteiger partial charge in [-0.2, -0.15) is 0 Å². The van der Waals surface area contributed by atoms with Crippen LogP contribution in [0.5, 0.6) is 0 Å². The molecule has 0 spiro atoms. The molecule has 0 aromatic heterocycles. The van der Waals surface area contributed by atoms with Gasteiger partial charge in [-0.1, -0.05) is 54.4 Å². The van der Waals surface area contributed by atoms with Crippen molar-refractivity contribution in [2.75, 3.05) is 13.7 Å². The molecule has 0 bridgehead atoms. The van der Waals surface area contributed by atoms with E-state index in [9.17, 15) is 24.3 Å². The Morgan fingerprint density at radius 2 is 1.44 bits per heavy atom. The molecule has 0 aliphatic carbocycles. The van der Waals surface area contributed by atoms with Gasteiger partial charge in [0.05, 0.1) is 36.8 Å². The Morgan fingerprint density at radius 1 is 0.917 bits per heavy atom. The highest BCUT2D eigenvalue weighted by Crippen LogP contribution is 2.30. The van der Waals surface area contributed by atoms with Crippen LogP contribution in [0.1, 0.15) is 81.1 Å². The fourth-order valence-corrected chi connectivity index (χ4v) is 4.36. The number of ether oxygens (including phenoxy) is 1. The van der Waals surface area contributed by atoms with E-state index in [1.165, 1.54) is 6.92 Å². The third-order valence-electron chi connectivity index (χ3n) is 7.44. The Morgan fingerprint density at radius 3 is 1.86 bits per heavy atom. The van der Waals surface area contributed by atoms with Gasteiger partial charge in [-0.25, -0.2) is 0 Å². The number of aliphatic hydroxyl groups excluding tert-OH is 1. The predicted molar refractivity (Wildman–Crippen MR) is 139 cm³/mol. The summed E-state index contributed by atoms with van der Waals surface area (Å²) in [5, 5.41) is 19.1. The topological polar surface area (TPSA) is 137 Å². The molecule has 2 amide bonds. The number of epoxide rings is 1. The molecule has 4 N–H and O–H groups in total. The number of ketones is 2. The molecule has 0 saturated carbocycles. The van der Waals surface area contributed by atoms with Crippen LogP contribution < -0.4 is 16.0 Å². The predicted octanol–water partition coefficient (Wildman–Crippen LogP) is 2.00. The van der Waals surface area contributed by atoms with Crippen LogP contribution in [0.3, 0.4) is 0 Å². The third kappa shape index (κ3) is 8.92. The second kappa shape index (κ2) is 14.2. The van der Waals surface area contributed by atoms with E-state index < -0.39 is 41.7 Å². The fourth-order valence-electron chi connectivity index (χ4n) is 4.36. The van der Waals surface area contributed by atoms with E-state index in [2.05, 4.69) is 16.0 Å². The molecular formula is C27H49N3O6. The van der Waals surface area contributed by atoms with Crippen LogP contribution in [-0.2, 0) is 23.9 Å². The highest BCUT2D eigenvalue weighted by atomic mass is 16.6. The molecule has 1 fully saturated rings. The zero-order valence-corrected chi connectivity index (χ0v) is 23.6. The number of aliphatic hydroxyl groups is 1. The van der Waals surface area contributed by atoms with Crippen molar-refractivity contribution in [1.82, 2.24) is 16.0 Å². The molecule has 0 radical (unpaired) electrons. The standard InChI is InChI=1S/C27H49N3O6/c1-10-16(5)22(30-26(35)23(28-9)17(6)11-2)21(32)13-19(18(7)31)25(34)29-20(12-15(3)4)24(33)27(8)14-36-27/h15-20,22-23,28,31H,10-14H2,1-9H3,(H,29,34)(H,30,35)/t16-,17-,18+,19-,20-,22-,23-,27+/m0/s1. The summed E-state index contributed by atoms with van der Waals surface area (Å²) in [5.41, 5.74) is -0.894. The normalized spacial score (nSPS) is 23.1. The number of hydrogen-bond acceptors (Lipinski definition) is 7. The number of carbonyl (C=O) groups is 4. The maximum atomic E-state index is 13.4. The van der Waals surface area contributed by atoms with E-state index in [-0.39, 0.29) is 41.6 Å². The van der Waals surface area contributed by atoms with E-state index in [4.69, 9.17) is 4.74 Å². The van der Waals surface area contributed by atoms with Crippen molar-refractivity contribution in [3.05, 3.63) is 0 Å². The van der Waals surface area contributed by atoms with Crippen molar-refractivity contribution in [3.8, 4) is 0 Å². The Labute approximate surface area is 216 Å². The van der Waals surface area contributed by atoms with Crippen LogP contribution in [0.25, 0.3) is 0 Å². The van der Waals surface area contributed by atoms with Crippen molar-refractivity contribution in [2.45, 2.75) is 111 Å². The fraction of sp³-hybridized carbons (Fsp3) is 0.852. The highest BCUT2D eigenvalue weighted by molar-refractivity contribution is 5.98. The highest BCUT2D eigenvalue weighted by Gasteiger charge is 2.50. The summed E-state index contributed by atoms with van der Waals surface area (Å²) in [4.78, 5) is 52.5. The van der Waals surface area contributed by atoms with Gasteiger partial charge >= 0.3 is 0 Å². The van der Waals surface area contributed by atoms with E-state index in [1.807, 2.05) is 41.5 Å². The molecule has 1 heterocycles. The molecule has 0 aromatic carbocycles. The number of carbonyl (C=O) groups excluding carboxylic acids is 4. The van der Waals surface area contributed by atoms with E-state index >= 15 is 0 Å². The first-order valence-corrected chi connectivity index (χ1v) is 13.4. The lowest BCUT2D eigenvalue weighted by atomic mass is 9.86. The Hall–Kier alpha value is -1.84. The van der Waals surface area contributed by atoms with Gasteiger partial charge in [0.1, 0.15) is 5.60 Å². The number of hydrogen-bond donors (Lipinski definition) is 4. The molecule has 0 unspecified atom stereocenters. The summed E-state index contributed by atoms with van der Waals surface area (Å²) in [6.45, 7) is 15.2. The molecule has 1 saturated heterocycles. The van der Waals surface area contributed by atoms with Crippen molar-refractivity contribution in [3.63, 3.8) is 0 Å². The first-order valence-electron chi connectivity index (χ1n) is 13.4. The average Bonchev–Trinajstić information content (AvgIpc) is 3.57. The largest absolute Gasteiger partial charge is 0.393 e. The minimum atomic E-state index is -1.12. The van der Waals surface area contributed by atoms with Gasteiger partial charge in [-0.15, -0.1) is 0 Å². The van der Waals surface area contributed by atoms with Gasteiger partial charge in [0.15, 0.2) is 11.6 Å². The van der Waals surface area contributed by atoms with Crippen LogP contribution in [-0.4, -0.2) is 72.0 Å². The van der Waals surface area contributed by atoms with Gasteiger partial charge in [0.2, 0.25) is 11.8 Å². The van der Waals surface area contributed by atoms with Crippen molar-refractivity contribution < 1.29 is 29.0 Å². The molecule has 1 aliphatic heterocycles.